The Morgan fingerprint density at radius 2 is 1.52 bits per heavy atom. The van der Waals surface area contributed by atoms with E-state index in [1.165, 1.54) is 5.56 Å². The summed E-state index contributed by atoms with van der Waals surface area (Å²) in [5, 5.41) is 0. The number of hydrogen-bond donors (Lipinski definition) is 0. The van der Waals surface area contributed by atoms with Crippen LogP contribution in [-0.4, -0.2) is 14.7 Å². The van der Waals surface area contributed by atoms with E-state index in [9.17, 15) is 4.21 Å². The van der Waals surface area contributed by atoms with Gasteiger partial charge < -0.3 is 0 Å². The number of hydrogen-bond acceptors (Lipinski definition) is 1. The first kappa shape index (κ1) is 17.6. The Bertz CT molecular complexity index is 712. The smallest absolute Gasteiger partial charge is 0.145 e. The number of benzene rings is 2. The van der Waals surface area contributed by atoms with Crippen molar-refractivity contribution in [2.45, 2.75) is 45.3 Å². The summed E-state index contributed by atoms with van der Waals surface area (Å²) in [5.74, 6) is 0.378. The van der Waals surface area contributed by atoms with Crippen molar-refractivity contribution in [3.8, 4) is 0 Å². The first-order valence-corrected chi connectivity index (χ1v) is 9.07. The van der Waals surface area contributed by atoms with E-state index in [-0.39, 0.29) is 4.75 Å². The van der Waals surface area contributed by atoms with Gasteiger partial charge in [0.05, 0.1) is 10.5 Å². The van der Waals surface area contributed by atoms with E-state index in [4.69, 9.17) is 0 Å². The molecule has 0 saturated carbocycles. The number of nitrogens with zero attached hydrogens (tertiary/aromatic N) is 1. The highest BCUT2D eigenvalue weighted by Crippen LogP contribution is 2.24. The lowest BCUT2D eigenvalue weighted by Crippen LogP contribution is -2.22. The second-order valence-corrected chi connectivity index (χ2v) is 8.82. The molecule has 122 valence electrons. The molecule has 23 heavy (non-hydrogen) atoms. The average Bonchev–Trinajstić information content (AvgIpc) is 2.52. The minimum atomic E-state index is -1.30. The van der Waals surface area contributed by atoms with Crippen LogP contribution in [0.1, 0.15) is 57.2 Å². The van der Waals surface area contributed by atoms with Gasteiger partial charge in [-0.15, -0.1) is 0 Å². The van der Waals surface area contributed by atoms with Gasteiger partial charge in [0.1, 0.15) is 11.0 Å². The molecule has 0 spiro atoms. The minimum absolute atomic E-state index is 0.378. The van der Waals surface area contributed by atoms with Crippen LogP contribution in [0, 0.1) is 0 Å². The zero-order valence-corrected chi connectivity index (χ0v) is 15.4. The van der Waals surface area contributed by atoms with Gasteiger partial charge in [-0.2, -0.15) is 4.40 Å². The highest BCUT2D eigenvalue weighted by Gasteiger charge is 2.22. The molecule has 0 aliphatic rings. The fourth-order valence-electron chi connectivity index (χ4n) is 2.29. The lowest BCUT2D eigenvalue weighted by Gasteiger charge is -2.18. The summed E-state index contributed by atoms with van der Waals surface area (Å²) in [6.07, 6.45) is 0. The summed E-state index contributed by atoms with van der Waals surface area (Å²) < 4.78 is 16.9. The van der Waals surface area contributed by atoms with Gasteiger partial charge in [0.15, 0.2) is 0 Å². The lowest BCUT2D eigenvalue weighted by atomic mass is 9.92. The van der Waals surface area contributed by atoms with Gasteiger partial charge in [0.25, 0.3) is 0 Å². The van der Waals surface area contributed by atoms with Crippen LogP contribution < -0.4 is 0 Å². The molecule has 0 aromatic heterocycles. The van der Waals surface area contributed by atoms with E-state index in [0.717, 1.165) is 16.8 Å². The van der Waals surface area contributed by atoms with E-state index in [1.54, 1.807) is 0 Å². The molecule has 2 aromatic rings. The molecule has 0 heterocycles. The molecule has 2 aromatic carbocycles. The van der Waals surface area contributed by atoms with Crippen molar-refractivity contribution in [1.29, 1.82) is 0 Å². The van der Waals surface area contributed by atoms with E-state index in [0.29, 0.717) is 5.92 Å². The molecule has 1 atom stereocenters. The van der Waals surface area contributed by atoms with E-state index in [1.807, 2.05) is 63.2 Å². The summed E-state index contributed by atoms with van der Waals surface area (Å²) in [6.45, 7) is 10.2. The van der Waals surface area contributed by atoms with E-state index < -0.39 is 11.0 Å². The Balaban J connectivity index is 2.65. The summed E-state index contributed by atoms with van der Waals surface area (Å²) in [5.41, 5.74) is 4.09. The Labute approximate surface area is 142 Å². The Morgan fingerprint density at radius 3 is 2.09 bits per heavy atom. The molecule has 0 aliphatic carbocycles. The molecule has 3 heteroatoms. The molecular weight excluding hydrogens is 302 g/mol. The highest BCUT2D eigenvalue weighted by molar-refractivity contribution is 7.85. The van der Waals surface area contributed by atoms with Gasteiger partial charge in [-0.25, -0.2) is 4.21 Å². The molecular formula is C20H25NOS. The maximum Gasteiger partial charge on any atom is 0.145 e. The van der Waals surface area contributed by atoms with Crippen LogP contribution in [0.15, 0.2) is 59.0 Å². The second-order valence-electron chi connectivity index (χ2n) is 6.91. The molecule has 0 fully saturated rings. The molecule has 2 rings (SSSR count). The second kappa shape index (κ2) is 7.22. The van der Waals surface area contributed by atoms with Crippen molar-refractivity contribution in [2.24, 2.45) is 4.40 Å². The lowest BCUT2D eigenvalue weighted by molar-refractivity contribution is 0.650. The average molecular weight is 327 g/mol. The first-order valence-electron chi connectivity index (χ1n) is 7.96. The summed E-state index contributed by atoms with van der Waals surface area (Å²) in [7, 11) is -1.30. The van der Waals surface area contributed by atoms with E-state index in [2.05, 4.69) is 30.4 Å². The van der Waals surface area contributed by atoms with Crippen LogP contribution >= 0.6 is 0 Å². The predicted octanol–water partition coefficient (Wildman–Crippen LogP) is 5.11. The van der Waals surface area contributed by atoms with Crippen LogP contribution in [-0.2, 0) is 11.0 Å². The zero-order valence-electron chi connectivity index (χ0n) is 14.5. The largest absolute Gasteiger partial charge is 0.234 e. The molecule has 0 saturated heterocycles. The van der Waals surface area contributed by atoms with Crippen molar-refractivity contribution in [3.63, 3.8) is 0 Å². The van der Waals surface area contributed by atoms with Gasteiger partial charge in [-0.1, -0.05) is 68.4 Å². The zero-order chi connectivity index (χ0) is 17.0. The third kappa shape index (κ3) is 4.38. The molecule has 2 nitrogen and oxygen atoms in total. The SMILES string of the molecule is CC(C)c1ccccc1/C(=N/[S@](=O)C(C)(C)C)c1ccccc1. The molecule has 0 unspecified atom stereocenters. The van der Waals surface area contributed by atoms with Crippen molar-refractivity contribution in [1.82, 2.24) is 0 Å². The Kier molecular flexibility index (Phi) is 5.53. The summed E-state index contributed by atoms with van der Waals surface area (Å²) >= 11 is 0. The van der Waals surface area contributed by atoms with Gasteiger partial charge in [-0.05, 0) is 32.3 Å². The maximum absolute atomic E-state index is 12.6. The van der Waals surface area contributed by atoms with Crippen LogP contribution in [0.25, 0.3) is 0 Å². The van der Waals surface area contributed by atoms with Crippen molar-refractivity contribution in [2.75, 3.05) is 0 Å². The number of rotatable bonds is 4. The van der Waals surface area contributed by atoms with Crippen LogP contribution in [0.3, 0.4) is 0 Å². The van der Waals surface area contributed by atoms with Gasteiger partial charge in [0.2, 0.25) is 0 Å². The fourth-order valence-corrected chi connectivity index (χ4v) is 2.93. The molecule has 0 radical (unpaired) electrons. The minimum Gasteiger partial charge on any atom is -0.234 e. The van der Waals surface area contributed by atoms with E-state index >= 15 is 0 Å². The maximum atomic E-state index is 12.6. The molecule has 0 amide bonds. The third-order valence-corrected chi connectivity index (χ3v) is 4.98. The Morgan fingerprint density at radius 1 is 0.957 bits per heavy atom. The third-order valence-electron chi connectivity index (χ3n) is 3.58. The van der Waals surface area contributed by atoms with Crippen LogP contribution in [0.4, 0.5) is 0 Å². The highest BCUT2D eigenvalue weighted by atomic mass is 32.2. The van der Waals surface area contributed by atoms with Gasteiger partial charge in [-0.3, -0.25) is 0 Å². The van der Waals surface area contributed by atoms with Crippen LogP contribution in [0.2, 0.25) is 0 Å². The topological polar surface area (TPSA) is 29.4 Å². The summed E-state index contributed by atoms with van der Waals surface area (Å²) in [4.78, 5) is 0. The molecule has 0 aliphatic heterocycles. The van der Waals surface area contributed by atoms with Crippen molar-refractivity contribution < 1.29 is 4.21 Å². The van der Waals surface area contributed by atoms with Gasteiger partial charge >= 0.3 is 0 Å². The summed E-state index contributed by atoms with van der Waals surface area (Å²) in [6, 6.07) is 18.3. The van der Waals surface area contributed by atoms with Gasteiger partial charge in [0, 0.05) is 11.1 Å². The normalized spacial score (nSPS) is 14.1. The fraction of sp³-hybridized carbons (Fsp3) is 0.350. The first-order chi connectivity index (χ1) is 10.8. The standard InChI is InChI=1S/C20H25NOS/c1-15(2)17-13-9-10-14-18(17)19(16-11-7-6-8-12-16)21-23(22)20(3,4)5/h6-15H,1-5H3/b21-19+/t23-/m1/s1. The molecule has 0 bridgehead atoms. The van der Waals surface area contributed by atoms with Crippen LogP contribution in [0.5, 0.6) is 0 Å². The predicted molar refractivity (Wildman–Crippen MR) is 101 cm³/mol. The molecule has 0 N–H and O–H groups in total. The van der Waals surface area contributed by atoms with Crippen molar-refractivity contribution in [3.05, 3.63) is 71.3 Å². The quantitative estimate of drug-likeness (QED) is 0.718. The monoisotopic (exact) mass is 327 g/mol. The van der Waals surface area contributed by atoms with Crippen molar-refractivity contribution >= 4 is 16.7 Å². The Hall–Kier alpha value is -1.74.